The Morgan fingerprint density at radius 1 is 1.27 bits per heavy atom. The van der Waals surface area contributed by atoms with Crippen molar-refractivity contribution in [2.75, 3.05) is 39.3 Å². The van der Waals surface area contributed by atoms with Crippen LogP contribution in [0.4, 0.5) is 0 Å². The second-order valence-electron chi connectivity index (χ2n) is 6.56. The molecule has 0 radical (unpaired) electrons. The van der Waals surface area contributed by atoms with Crippen molar-refractivity contribution in [2.45, 2.75) is 18.9 Å². The zero-order valence-corrected chi connectivity index (χ0v) is 14.6. The van der Waals surface area contributed by atoms with Crippen LogP contribution < -0.4 is 15.8 Å². The van der Waals surface area contributed by atoms with E-state index < -0.39 is 5.91 Å². The van der Waals surface area contributed by atoms with Crippen molar-refractivity contribution >= 4 is 17.7 Å². The smallest absolute Gasteiger partial charge is 0.257 e. The van der Waals surface area contributed by atoms with Gasteiger partial charge in [-0.15, -0.1) is 0 Å². The number of piperidine rings is 1. The number of para-hydroxylation sites is 1. The number of amides is 3. The van der Waals surface area contributed by atoms with Gasteiger partial charge in [-0.25, -0.2) is 0 Å². The van der Waals surface area contributed by atoms with Crippen LogP contribution in [0.15, 0.2) is 24.3 Å². The SMILES string of the molecule is NC(=O)COc1ccccc1C(=O)N1CCCC(N2CCNCC2=O)C1. The van der Waals surface area contributed by atoms with E-state index in [-0.39, 0.29) is 24.5 Å². The van der Waals surface area contributed by atoms with Crippen LogP contribution in [0.2, 0.25) is 0 Å². The molecule has 0 aromatic heterocycles. The highest BCUT2D eigenvalue weighted by Crippen LogP contribution is 2.23. The number of carbonyl (C=O) groups is 3. The lowest BCUT2D eigenvalue weighted by Crippen LogP contribution is -2.57. The highest BCUT2D eigenvalue weighted by molar-refractivity contribution is 5.97. The summed E-state index contributed by atoms with van der Waals surface area (Å²) in [4.78, 5) is 39.7. The molecule has 1 aromatic carbocycles. The largest absolute Gasteiger partial charge is 0.483 e. The van der Waals surface area contributed by atoms with Gasteiger partial charge in [0.1, 0.15) is 5.75 Å². The number of carbonyl (C=O) groups excluding carboxylic acids is 3. The lowest BCUT2D eigenvalue weighted by atomic mass is 10.0. The number of hydrogen-bond donors (Lipinski definition) is 2. The molecule has 2 aliphatic rings. The van der Waals surface area contributed by atoms with Crippen LogP contribution in [0.3, 0.4) is 0 Å². The van der Waals surface area contributed by atoms with Gasteiger partial charge in [0, 0.05) is 32.2 Å². The van der Waals surface area contributed by atoms with E-state index in [1.165, 1.54) is 0 Å². The van der Waals surface area contributed by atoms with E-state index in [2.05, 4.69) is 5.32 Å². The summed E-state index contributed by atoms with van der Waals surface area (Å²) in [6, 6.07) is 6.87. The molecule has 8 nitrogen and oxygen atoms in total. The van der Waals surface area contributed by atoms with Crippen molar-refractivity contribution in [3.63, 3.8) is 0 Å². The average Bonchev–Trinajstić information content (AvgIpc) is 2.66. The maximum atomic E-state index is 13.0. The predicted octanol–water partition coefficient (Wildman–Crippen LogP) is -0.413. The number of nitrogens with one attached hydrogen (secondary N) is 1. The first-order valence-corrected chi connectivity index (χ1v) is 8.86. The molecule has 3 amide bonds. The maximum absolute atomic E-state index is 13.0. The molecule has 2 fully saturated rings. The van der Waals surface area contributed by atoms with Crippen molar-refractivity contribution in [2.24, 2.45) is 5.73 Å². The molecule has 0 spiro atoms. The number of hydrogen-bond acceptors (Lipinski definition) is 5. The summed E-state index contributed by atoms with van der Waals surface area (Å²) < 4.78 is 5.38. The number of likely N-dealkylation sites (tertiary alicyclic amines) is 1. The van der Waals surface area contributed by atoms with Crippen LogP contribution in [0.5, 0.6) is 5.75 Å². The van der Waals surface area contributed by atoms with E-state index in [0.29, 0.717) is 37.5 Å². The third kappa shape index (κ3) is 4.13. The monoisotopic (exact) mass is 360 g/mol. The van der Waals surface area contributed by atoms with Gasteiger partial charge in [0.25, 0.3) is 11.8 Å². The molecule has 1 unspecified atom stereocenters. The average molecular weight is 360 g/mol. The summed E-state index contributed by atoms with van der Waals surface area (Å²) in [6.45, 7) is 2.68. The summed E-state index contributed by atoms with van der Waals surface area (Å²) in [6.07, 6.45) is 1.74. The highest BCUT2D eigenvalue weighted by Gasteiger charge is 2.32. The van der Waals surface area contributed by atoms with E-state index in [1.54, 1.807) is 29.2 Å². The lowest BCUT2D eigenvalue weighted by Gasteiger charge is -2.41. The van der Waals surface area contributed by atoms with E-state index in [1.807, 2.05) is 4.90 Å². The molecule has 1 aromatic rings. The van der Waals surface area contributed by atoms with Gasteiger partial charge in [-0.2, -0.15) is 0 Å². The molecule has 0 aliphatic carbocycles. The summed E-state index contributed by atoms with van der Waals surface area (Å²) in [5.41, 5.74) is 5.52. The van der Waals surface area contributed by atoms with Crippen LogP contribution in [0.25, 0.3) is 0 Å². The Bertz CT molecular complexity index is 694. The van der Waals surface area contributed by atoms with Crippen molar-refractivity contribution in [1.82, 2.24) is 15.1 Å². The minimum atomic E-state index is -0.595. The van der Waals surface area contributed by atoms with Gasteiger partial charge in [-0.05, 0) is 25.0 Å². The zero-order valence-electron chi connectivity index (χ0n) is 14.6. The fraction of sp³-hybridized carbons (Fsp3) is 0.500. The number of rotatable bonds is 5. The van der Waals surface area contributed by atoms with Crippen LogP contribution in [0.1, 0.15) is 23.2 Å². The first-order chi connectivity index (χ1) is 12.6. The maximum Gasteiger partial charge on any atom is 0.257 e. The number of ether oxygens (including phenoxy) is 1. The predicted molar refractivity (Wildman–Crippen MR) is 94.6 cm³/mol. The number of nitrogens with two attached hydrogens (primary N) is 1. The molecule has 140 valence electrons. The molecule has 8 heteroatoms. The number of piperazine rings is 1. The van der Waals surface area contributed by atoms with Gasteiger partial charge in [0.2, 0.25) is 5.91 Å². The Morgan fingerprint density at radius 2 is 2.08 bits per heavy atom. The minimum Gasteiger partial charge on any atom is -0.483 e. The highest BCUT2D eigenvalue weighted by atomic mass is 16.5. The Balaban J connectivity index is 1.71. The third-order valence-corrected chi connectivity index (χ3v) is 4.74. The normalized spacial score (nSPS) is 20.8. The Morgan fingerprint density at radius 3 is 2.85 bits per heavy atom. The molecular formula is C18H24N4O4. The second-order valence-corrected chi connectivity index (χ2v) is 6.56. The molecule has 2 saturated heterocycles. The van der Waals surface area contributed by atoms with Crippen molar-refractivity contribution < 1.29 is 19.1 Å². The summed E-state index contributed by atoms with van der Waals surface area (Å²) in [5, 5.41) is 3.07. The van der Waals surface area contributed by atoms with Gasteiger partial charge in [-0.3, -0.25) is 14.4 Å². The second kappa shape index (κ2) is 8.18. The number of benzene rings is 1. The Hall–Kier alpha value is -2.61. The van der Waals surface area contributed by atoms with Crippen LogP contribution in [-0.2, 0) is 9.59 Å². The van der Waals surface area contributed by atoms with Gasteiger partial charge >= 0.3 is 0 Å². The zero-order chi connectivity index (χ0) is 18.5. The van der Waals surface area contributed by atoms with Crippen molar-refractivity contribution in [3.05, 3.63) is 29.8 Å². The first kappa shape index (κ1) is 18.2. The van der Waals surface area contributed by atoms with Gasteiger partial charge in [0.05, 0.1) is 12.1 Å². The molecule has 1 atom stereocenters. The molecule has 0 bridgehead atoms. The topological polar surface area (TPSA) is 105 Å². The first-order valence-electron chi connectivity index (χ1n) is 8.86. The fourth-order valence-electron chi connectivity index (χ4n) is 3.49. The molecule has 0 saturated carbocycles. The van der Waals surface area contributed by atoms with Crippen molar-refractivity contribution in [1.29, 1.82) is 0 Å². The Kier molecular flexibility index (Phi) is 5.72. The van der Waals surface area contributed by atoms with Crippen LogP contribution in [-0.4, -0.2) is 72.9 Å². The third-order valence-electron chi connectivity index (χ3n) is 4.74. The molecule has 3 rings (SSSR count). The Labute approximate surface area is 152 Å². The fourth-order valence-corrected chi connectivity index (χ4v) is 3.49. The number of primary amides is 1. The summed E-state index contributed by atoms with van der Waals surface area (Å²) in [7, 11) is 0. The molecule has 3 N–H and O–H groups in total. The minimum absolute atomic E-state index is 0.0426. The molecule has 2 aliphatic heterocycles. The van der Waals surface area contributed by atoms with Gasteiger partial charge < -0.3 is 25.6 Å². The van der Waals surface area contributed by atoms with E-state index in [0.717, 1.165) is 19.4 Å². The lowest BCUT2D eigenvalue weighted by molar-refractivity contribution is -0.135. The number of nitrogens with zero attached hydrogens (tertiary/aromatic N) is 2. The van der Waals surface area contributed by atoms with E-state index in [9.17, 15) is 14.4 Å². The molecular weight excluding hydrogens is 336 g/mol. The van der Waals surface area contributed by atoms with Gasteiger partial charge in [0.15, 0.2) is 6.61 Å². The van der Waals surface area contributed by atoms with Gasteiger partial charge in [-0.1, -0.05) is 12.1 Å². The van der Waals surface area contributed by atoms with E-state index >= 15 is 0 Å². The summed E-state index contributed by atoms with van der Waals surface area (Å²) >= 11 is 0. The molecule has 26 heavy (non-hydrogen) atoms. The van der Waals surface area contributed by atoms with Crippen molar-refractivity contribution in [3.8, 4) is 5.75 Å². The van der Waals surface area contributed by atoms with Crippen LogP contribution >= 0.6 is 0 Å². The quantitative estimate of drug-likeness (QED) is 0.743. The van der Waals surface area contributed by atoms with Crippen LogP contribution in [0, 0.1) is 0 Å². The molecule has 2 heterocycles. The van der Waals surface area contributed by atoms with E-state index in [4.69, 9.17) is 10.5 Å². The standard InChI is InChI=1S/C18H24N4O4/c19-16(23)12-26-15-6-2-1-5-14(15)18(25)21-8-3-4-13(11-21)22-9-7-20-10-17(22)24/h1-2,5-6,13,20H,3-4,7-12H2,(H2,19,23). The summed E-state index contributed by atoms with van der Waals surface area (Å²) in [5.74, 6) is -0.322.